The molecule has 0 radical (unpaired) electrons. The van der Waals surface area contributed by atoms with Gasteiger partial charge in [-0.3, -0.25) is 0 Å². The number of anilines is 1. The Balaban J connectivity index is 2.84. The van der Waals surface area contributed by atoms with Crippen molar-refractivity contribution in [1.82, 2.24) is 14.8 Å². The summed E-state index contributed by atoms with van der Waals surface area (Å²) in [4.78, 5) is 14.4. The van der Waals surface area contributed by atoms with Gasteiger partial charge >= 0.3 is 5.69 Å². The fourth-order valence-electron chi connectivity index (χ4n) is 0.758. The van der Waals surface area contributed by atoms with Crippen LogP contribution in [0.4, 0.5) is 5.82 Å². The van der Waals surface area contributed by atoms with Gasteiger partial charge in [0.1, 0.15) is 5.82 Å². The van der Waals surface area contributed by atoms with E-state index in [0.717, 1.165) is 4.68 Å². The van der Waals surface area contributed by atoms with Crippen LogP contribution in [0.25, 0.3) is 0 Å². The molecule has 0 saturated heterocycles. The third-order valence-corrected chi connectivity index (χ3v) is 1.37. The first-order chi connectivity index (χ1) is 6.13. The number of hydrogen-bond donors (Lipinski definition) is 3. The third kappa shape index (κ3) is 2.49. The Labute approximate surface area is 73.5 Å². The van der Waals surface area contributed by atoms with Gasteiger partial charge in [-0.15, -0.1) is 0 Å². The van der Waals surface area contributed by atoms with Gasteiger partial charge in [0.05, 0.1) is 25.5 Å². The zero-order chi connectivity index (χ0) is 9.84. The van der Waals surface area contributed by atoms with E-state index in [-0.39, 0.29) is 12.4 Å². The molecule has 1 heterocycles. The normalized spacial score (nSPS) is 12.8. The average Bonchev–Trinajstić information content (AvgIpc) is 2.09. The molecule has 0 bridgehead atoms. The van der Waals surface area contributed by atoms with E-state index in [2.05, 4.69) is 10.1 Å². The number of aliphatic hydroxyl groups excluding tert-OH is 2. The summed E-state index contributed by atoms with van der Waals surface area (Å²) in [7, 11) is 0. The first-order valence-electron chi connectivity index (χ1n) is 3.62. The van der Waals surface area contributed by atoms with Crippen LogP contribution in [0.15, 0.2) is 11.0 Å². The predicted molar refractivity (Wildman–Crippen MR) is 43.8 cm³/mol. The lowest BCUT2D eigenvalue weighted by molar-refractivity contribution is 0.0765. The molecule has 0 fully saturated rings. The maximum Gasteiger partial charge on any atom is 0.366 e. The molecule has 0 saturated carbocycles. The number of hydrogen-bond acceptors (Lipinski definition) is 6. The second-order valence-electron chi connectivity index (χ2n) is 2.48. The maximum absolute atomic E-state index is 11.0. The van der Waals surface area contributed by atoms with Crippen molar-refractivity contribution in [1.29, 1.82) is 0 Å². The molecule has 0 aliphatic heterocycles. The highest BCUT2D eigenvalue weighted by Crippen LogP contribution is 1.87. The average molecular weight is 186 g/mol. The highest BCUT2D eigenvalue weighted by molar-refractivity contribution is 5.19. The van der Waals surface area contributed by atoms with Gasteiger partial charge in [0.2, 0.25) is 0 Å². The van der Waals surface area contributed by atoms with E-state index in [1.165, 1.54) is 6.20 Å². The molecule has 0 aromatic carbocycles. The SMILES string of the molecule is Nc1cnn(CC(O)CO)c(=O)n1. The van der Waals surface area contributed by atoms with Gasteiger partial charge in [-0.25, -0.2) is 9.48 Å². The minimum absolute atomic E-state index is 0.0275. The molecule has 1 rings (SSSR count). The fraction of sp³-hybridized carbons (Fsp3) is 0.500. The molecular weight excluding hydrogens is 176 g/mol. The molecule has 0 aliphatic carbocycles. The number of nitrogens with two attached hydrogens (primary N) is 1. The number of nitrogen functional groups attached to an aromatic ring is 1. The molecule has 7 nitrogen and oxygen atoms in total. The lowest BCUT2D eigenvalue weighted by Crippen LogP contribution is -2.32. The van der Waals surface area contributed by atoms with Crippen LogP contribution in [-0.2, 0) is 6.54 Å². The second kappa shape index (κ2) is 3.97. The zero-order valence-corrected chi connectivity index (χ0v) is 6.79. The smallest absolute Gasteiger partial charge is 0.366 e. The van der Waals surface area contributed by atoms with E-state index in [0.29, 0.717) is 0 Å². The largest absolute Gasteiger partial charge is 0.394 e. The lowest BCUT2D eigenvalue weighted by atomic mass is 10.4. The quantitative estimate of drug-likeness (QED) is 0.483. The molecule has 7 heteroatoms. The summed E-state index contributed by atoms with van der Waals surface area (Å²) in [6.07, 6.45) is 0.182. The highest BCUT2D eigenvalue weighted by atomic mass is 16.3. The Hall–Kier alpha value is -1.47. The van der Waals surface area contributed by atoms with Crippen LogP contribution >= 0.6 is 0 Å². The summed E-state index contributed by atoms with van der Waals surface area (Å²) in [5.41, 5.74) is 4.55. The maximum atomic E-state index is 11.0. The minimum atomic E-state index is -1.02. The standard InChI is InChI=1S/C6H10N4O3/c7-5-1-8-10(6(13)9-5)2-4(12)3-11/h1,4,11-12H,2-3H2,(H2,7,9,13). The molecule has 72 valence electrons. The molecular formula is C6H10N4O3. The molecule has 1 unspecified atom stereocenters. The molecule has 1 aromatic rings. The van der Waals surface area contributed by atoms with Gasteiger partial charge in [0.15, 0.2) is 0 Å². The Morgan fingerprint density at radius 3 is 2.92 bits per heavy atom. The summed E-state index contributed by atoms with van der Waals surface area (Å²) >= 11 is 0. The van der Waals surface area contributed by atoms with Crippen LogP contribution in [0.5, 0.6) is 0 Å². The monoisotopic (exact) mass is 186 g/mol. The summed E-state index contributed by atoms with van der Waals surface area (Å²) < 4.78 is 0.928. The topological polar surface area (TPSA) is 114 Å². The molecule has 0 aliphatic rings. The first kappa shape index (κ1) is 9.62. The summed E-state index contributed by atoms with van der Waals surface area (Å²) in [5, 5.41) is 21.1. The first-order valence-corrected chi connectivity index (χ1v) is 3.62. The van der Waals surface area contributed by atoms with Crippen molar-refractivity contribution in [2.24, 2.45) is 0 Å². The van der Waals surface area contributed by atoms with E-state index in [1.807, 2.05) is 0 Å². The van der Waals surface area contributed by atoms with E-state index in [4.69, 9.17) is 15.9 Å². The van der Waals surface area contributed by atoms with Crippen molar-refractivity contribution in [3.63, 3.8) is 0 Å². The Morgan fingerprint density at radius 2 is 2.38 bits per heavy atom. The van der Waals surface area contributed by atoms with Crippen LogP contribution < -0.4 is 11.4 Å². The Morgan fingerprint density at radius 1 is 1.69 bits per heavy atom. The summed E-state index contributed by atoms with van der Waals surface area (Å²) in [6, 6.07) is 0. The van der Waals surface area contributed by atoms with Crippen LogP contribution in [0.1, 0.15) is 0 Å². The van der Waals surface area contributed by atoms with Gasteiger partial charge in [-0.05, 0) is 0 Å². The lowest BCUT2D eigenvalue weighted by Gasteiger charge is -2.07. The molecule has 4 N–H and O–H groups in total. The van der Waals surface area contributed by atoms with E-state index < -0.39 is 18.4 Å². The van der Waals surface area contributed by atoms with Crippen LogP contribution in [0.3, 0.4) is 0 Å². The van der Waals surface area contributed by atoms with Crippen molar-refractivity contribution >= 4 is 5.82 Å². The fourth-order valence-corrected chi connectivity index (χ4v) is 0.758. The van der Waals surface area contributed by atoms with Crippen LogP contribution in [0.2, 0.25) is 0 Å². The van der Waals surface area contributed by atoms with Crippen molar-refractivity contribution in [2.75, 3.05) is 12.3 Å². The van der Waals surface area contributed by atoms with Crippen LogP contribution in [0, 0.1) is 0 Å². The molecule has 0 spiro atoms. The number of aliphatic hydroxyl groups is 2. The molecule has 0 amide bonds. The van der Waals surface area contributed by atoms with E-state index in [9.17, 15) is 4.79 Å². The second-order valence-corrected chi connectivity index (χ2v) is 2.48. The highest BCUT2D eigenvalue weighted by Gasteiger charge is 2.06. The minimum Gasteiger partial charge on any atom is -0.394 e. The van der Waals surface area contributed by atoms with E-state index in [1.54, 1.807) is 0 Å². The number of aromatic nitrogens is 3. The molecule has 13 heavy (non-hydrogen) atoms. The Kier molecular flexibility index (Phi) is 2.93. The van der Waals surface area contributed by atoms with Crippen molar-refractivity contribution in [3.05, 3.63) is 16.7 Å². The van der Waals surface area contributed by atoms with Crippen molar-refractivity contribution in [2.45, 2.75) is 12.6 Å². The van der Waals surface area contributed by atoms with Crippen LogP contribution in [-0.4, -0.2) is 37.7 Å². The molecule has 1 aromatic heterocycles. The number of rotatable bonds is 3. The van der Waals surface area contributed by atoms with Crippen molar-refractivity contribution in [3.8, 4) is 0 Å². The van der Waals surface area contributed by atoms with Gasteiger partial charge in [0.25, 0.3) is 0 Å². The van der Waals surface area contributed by atoms with Crippen molar-refractivity contribution < 1.29 is 10.2 Å². The summed E-state index contributed by atoms with van der Waals surface area (Å²) in [5.74, 6) is 0.0275. The van der Waals surface area contributed by atoms with Gasteiger partial charge < -0.3 is 15.9 Å². The van der Waals surface area contributed by atoms with Gasteiger partial charge in [-0.2, -0.15) is 10.1 Å². The number of nitrogens with zero attached hydrogens (tertiary/aromatic N) is 3. The Bertz CT molecular complexity index is 337. The summed E-state index contributed by atoms with van der Waals surface area (Å²) in [6.45, 7) is -0.527. The predicted octanol–water partition coefficient (Wildman–Crippen LogP) is -2.43. The van der Waals surface area contributed by atoms with Gasteiger partial charge in [-0.1, -0.05) is 0 Å². The zero-order valence-electron chi connectivity index (χ0n) is 6.79. The molecule has 1 atom stereocenters. The van der Waals surface area contributed by atoms with E-state index >= 15 is 0 Å². The third-order valence-electron chi connectivity index (χ3n) is 1.37. The van der Waals surface area contributed by atoms with Gasteiger partial charge in [0, 0.05) is 0 Å².